The van der Waals surface area contributed by atoms with Crippen LogP contribution in [-0.4, -0.2) is 26.5 Å². The molecule has 0 fully saturated rings. The van der Waals surface area contributed by atoms with Gasteiger partial charge in [0, 0.05) is 47.0 Å². The molecule has 0 aliphatic carbocycles. The molecule has 0 aliphatic heterocycles. The Balaban J connectivity index is 1.67. The Bertz CT molecular complexity index is 1540. The number of carboxylic acid groups (broad SMARTS) is 1. The molecular weight excluding hydrogens is 448 g/mol. The number of carboxylic acids is 1. The van der Waals surface area contributed by atoms with Crippen molar-refractivity contribution in [2.75, 3.05) is 5.32 Å². The summed E-state index contributed by atoms with van der Waals surface area (Å²) in [6.07, 6.45) is 3.24. The summed E-state index contributed by atoms with van der Waals surface area (Å²) < 4.78 is 1.89. The van der Waals surface area contributed by atoms with Crippen LogP contribution in [0.15, 0.2) is 84.6 Å². The highest BCUT2D eigenvalue weighted by molar-refractivity contribution is 6.11. The molecule has 0 bridgehead atoms. The Kier molecular flexibility index (Phi) is 6.37. The number of amides is 1. The van der Waals surface area contributed by atoms with Crippen molar-refractivity contribution in [3.05, 3.63) is 111 Å². The molecule has 0 unspecified atom stereocenters. The third-order valence-corrected chi connectivity index (χ3v) is 5.33. The Morgan fingerprint density at radius 1 is 1.09 bits per heavy atom. The van der Waals surface area contributed by atoms with Crippen molar-refractivity contribution in [2.24, 2.45) is 0 Å². The third kappa shape index (κ3) is 5.07. The summed E-state index contributed by atoms with van der Waals surface area (Å²) in [7, 11) is 0. The molecule has 172 valence electrons. The summed E-state index contributed by atoms with van der Waals surface area (Å²) in [5.41, 5.74) is 2.28. The number of hydrogen-bond acceptors (Lipinski definition) is 5. The summed E-state index contributed by atoms with van der Waals surface area (Å²) in [6, 6.07) is 21.4. The number of nitriles is 1. The Morgan fingerprint density at radius 3 is 2.60 bits per heavy atom. The van der Waals surface area contributed by atoms with Crippen molar-refractivity contribution in [1.82, 2.24) is 4.57 Å². The molecule has 4 rings (SSSR count). The molecule has 9 nitrogen and oxygen atoms in total. The van der Waals surface area contributed by atoms with Gasteiger partial charge in [-0.15, -0.1) is 0 Å². The van der Waals surface area contributed by atoms with Crippen molar-refractivity contribution in [1.29, 1.82) is 5.26 Å². The van der Waals surface area contributed by atoms with E-state index in [9.17, 15) is 25.0 Å². The van der Waals surface area contributed by atoms with E-state index in [1.54, 1.807) is 18.3 Å². The number of aromatic carboxylic acids is 1. The number of carbonyl (C=O) groups is 2. The predicted octanol–water partition coefficient (Wildman–Crippen LogP) is 4.84. The van der Waals surface area contributed by atoms with E-state index in [-0.39, 0.29) is 22.5 Å². The summed E-state index contributed by atoms with van der Waals surface area (Å²) in [6.45, 7) is 0.353. The minimum Gasteiger partial charge on any atom is -0.478 e. The maximum atomic E-state index is 12.7. The van der Waals surface area contributed by atoms with Gasteiger partial charge in [-0.2, -0.15) is 5.26 Å². The number of aromatic nitrogens is 1. The number of nitro groups is 1. The Hall–Kier alpha value is -5.23. The molecule has 2 N–H and O–H groups in total. The van der Waals surface area contributed by atoms with Crippen molar-refractivity contribution in [3.8, 4) is 6.07 Å². The molecule has 1 aromatic heterocycles. The summed E-state index contributed by atoms with van der Waals surface area (Å²) in [5.74, 6) is -1.81. The highest BCUT2D eigenvalue weighted by Crippen LogP contribution is 2.25. The molecule has 0 spiro atoms. The number of para-hydroxylation sites is 1. The van der Waals surface area contributed by atoms with E-state index >= 15 is 0 Å². The number of nitrogens with one attached hydrogen (secondary N) is 1. The van der Waals surface area contributed by atoms with Gasteiger partial charge in [0.15, 0.2) is 0 Å². The van der Waals surface area contributed by atoms with Gasteiger partial charge in [-0.25, -0.2) is 4.79 Å². The number of nitro benzene ring substituents is 1. The van der Waals surface area contributed by atoms with Crippen molar-refractivity contribution < 1.29 is 19.6 Å². The normalized spacial score (nSPS) is 11.1. The highest BCUT2D eigenvalue weighted by Gasteiger charge is 2.14. The smallest absolute Gasteiger partial charge is 0.335 e. The fraction of sp³-hybridized carbons (Fsp3) is 0.0385. The maximum absolute atomic E-state index is 12.7. The molecule has 3 aromatic carbocycles. The standard InChI is InChI=1S/C26H18N4O5/c27-14-19(25(31)28-21-7-4-6-18(13-21)26(32)33)12-20-16-29(24-10-2-1-9-23(20)24)15-17-5-3-8-22(11-17)30(34)35/h1-13,16H,15H2,(H,28,31)(H,32,33)/b19-12-. The van der Waals surface area contributed by atoms with Crippen LogP contribution >= 0.6 is 0 Å². The largest absolute Gasteiger partial charge is 0.478 e. The van der Waals surface area contributed by atoms with Crippen molar-refractivity contribution in [3.63, 3.8) is 0 Å². The zero-order valence-electron chi connectivity index (χ0n) is 18.2. The zero-order valence-corrected chi connectivity index (χ0v) is 18.2. The van der Waals surface area contributed by atoms with E-state index in [1.807, 2.05) is 34.9 Å². The van der Waals surface area contributed by atoms with E-state index in [0.717, 1.165) is 16.5 Å². The molecular formula is C26H18N4O5. The number of nitrogens with zero attached hydrogens (tertiary/aromatic N) is 3. The minimum atomic E-state index is -1.13. The lowest BCUT2D eigenvalue weighted by molar-refractivity contribution is -0.384. The van der Waals surface area contributed by atoms with E-state index < -0.39 is 16.8 Å². The van der Waals surface area contributed by atoms with Crippen LogP contribution in [0.1, 0.15) is 21.5 Å². The van der Waals surface area contributed by atoms with E-state index in [2.05, 4.69) is 5.32 Å². The first kappa shape index (κ1) is 22.9. The molecule has 4 aromatic rings. The van der Waals surface area contributed by atoms with E-state index in [0.29, 0.717) is 12.1 Å². The second-order valence-corrected chi connectivity index (χ2v) is 7.67. The first-order valence-electron chi connectivity index (χ1n) is 10.4. The van der Waals surface area contributed by atoms with Crippen LogP contribution in [0.3, 0.4) is 0 Å². The highest BCUT2D eigenvalue weighted by atomic mass is 16.6. The molecule has 0 atom stereocenters. The van der Waals surface area contributed by atoms with Gasteiger partial charge in [0.1, 0.15) is 11.6 Å². The molecule has 0 aliphatic rings. The number of benzene rings is 3. The number of anilines is 1. The molecule has 1 heterocycles. The predicted molar refractivity (Wildman–Crippen MR) is 130 cm³/mol. The van der Waals surface area contributed by atoms with Gasteiger partial charge in [-0.1, -0.05) is 36.4 Å². The summed E-state index contributed by atoms with van der Waals surface area (Å²) in [5, 5.41) is 33.2. The Morgan fingerprint density at radius 2 is 1.86 bits per heavy atom. The number of rotatable bonds is 7. The number of carbonyl (C=O) groups excluding carboxylic acids is 1. The third-order valence-electron chi connectivity index (χ3n) is 5.33. The van der Waals surface area contributed by atoms with Gasteiger partial charge in [0.2, 0.25) is 0 Å². The average molecular weight is 466 g/mol. The van der Waals surface area contributed by atoms with Crippen LogP contribution in [0, 0.1) is 21.4 Å². The molecule has 9 heteroatoms. The average Bonchev–Trinajstić information content (AvgIpc) is 3.19. The van der Waals surface area contributed by atoms with Crippen molar-refractivity contribution >= 4 is 40.2 Å². The van der Waals surface area contributed by atoms with Gasteiger partial charge < -0.3 is 15.0 Å². The van der Waals surface area contributed by atoms with Gasteiger partial charge in [0.25, 0.3) is 11.6 Å². The second-order valence-electron chi connectivity index (χ2n) is 7.67. The zero-order chi connectivity index (χ0) is 24.9. The molecule has 0 saturated heterocycles. The van der Waals surface area contributed by atoms with Crippen LogP contribution in [0.25, 0.3) is 17.0 Å². The van der Waals surface area contributed by atoms with Crippen molar-refractivity contribution in [2.45, 2.75) is 6.54 Å². The van der Waals surface area contributed by atoms with E-state index in [1.165, 1.54) is 42.5 Å². The first-order chi connectivity index (χ1) is 16.9. The van der Waals surface area contributed by atoms with Crippen LogP contribution < -0.4 is 5.32 Å². The molecule has 35 heavy (non-hydrogen) atoms. The quantitative estimate of drug-likeness (QED) is 0.173. The van der Waals surface area contributed by atoms with Crippen LogP contribution in [-0.2, 0) is 11.3 Å². The fourth-order valence-electron chi connectivity index (χ4n) is 3.72. The molecule has 0 radical (unpaired) electrons. The topological polar surface area (TPSA) is 138 Å². The summed E-state index contributed by atoms with van der Waals surface area (Å²) in [4.78, 5) is 34.6. The van der Waals surface area contributed by atoms with Gasteiger partial charge >= 0.3 is 5.97 Å². The lowest BCUT2D eigenvalue weighted by atomic mass is 10.1. The maximum Gasteiger partial charge on any atom is 0.335 e. The van der Waals surface area contributed by atoms with Crippen LogP contribution in [0.5, 0.6) is 0 Å². The minimum absolute atomic E-state index is 0.00511. The fourth-order valence-corrected chi connectivity index (χ4v) is 3.72. The van der Waals surface area contributed by atoms with Gasteiger partial charge in [0.05, 0.1) is 10.5 Å². The SMILES string of the molecule is N#C/C(=C/c1cn(Cc2cccc([N+](=O)[O-])c2)c2ccccc12)C(=O)Nc1cccc(C(=O)O)c1. The lowest BCUT2D eigenvalue weighted by Gasteiger charge is -2.05. The van der Waals surface area contributed by atoms with Crippen LogP contribution in [0.2, 0.25) is 0 Å². The number of non-ortho nitro benzene ring substituents is 1. The monoisotopic (exact) mass is 466 g/mol. The van der Waals surface area contributed by atoms with Gasteiger partial charge in [-0.05, 0) is 35.9 Å². The van der Waals surface area contributed by atoms with Gasteiger partial charge in [-0.3, -0.25) is 14.9 Å². The van der Waals surface area contributed by atoms with Crippen LogP contribution in [0.4, 0.5) is 11.4 Å². The first-order valence-corrected chi connectivity index (χ1v) is 10.4. The lowest BCUT2D eigenvalue weighted by Crippen LogP contribution is -2.13. The number of hydrogen-bond donors (Lipinski definition) is 2. The molecule has 0 saturated carbocycles. The second kappa shape index (κ2) is 9.72. The van der Waals surface area contributed by atoms with E-state index in [4.69, 9.17) is 5.11 Å². The summed E-state index contributed by atoms with van der Waals surface area (Å²) >= 11 is 0. The Labute approximate surface area is 199 Å². The number of fused-ring (bicyclic) bond motifs is 1. The molecule has 1 amide bonds.